The maximum absolute atomic E-state index is 9.90. The zero-order valence-corrected chi connectivity index (χ0v) is 5.77. The van der Waals surface area contributed by atoms with E-state index in [2.05, 4.69) is 0 Å². The van der Waals surface area contributed by atoms with Gasteiger partial charge in [0.05, 0.1) is 0 Å². The predicted molar refractivity (Wildman–Crippen MR) is 36.7 cm³/mol. The van der Waals surface area contributed by atoms with Gasteiger partial charge in [-0.25, -0.2) is 0 Å². The summed E-state index contributed by atoms with van der Waals surface area (Å²) in [5.41, 5.74) is 0. The molecule has 2 nitrogen and oxygen atoms in total. The fourth-order valence-electron chi connectivity index (χ4n) is 0.388. The average molecular weight is 149 g/mol. The Morgan fingerprint density at radius 2 is 2.22 bits per heavy atom. The van der Waals surface area contributed by atoms with E-state index < -0.39 is 5.97 Å². The molecule has 0 spiro atoms. The van der Waals surface area contributed by atoms with Crippen LogP contribution in [0.5, 0.6) is 0 Å². The van der Waals surface area contributed by atoms with E-state index in [4.69, 9.17) is 16.7 Å². The molecule has 0 aliphatic rings. The van der Waals surface area contributed by atoms with Crippen LogP contribution in [0.15, 0.2) is 12.2 Å². The molecule has 1 N–H and O–H groups in total. The van der Waals surface area contributed by atoms with Crippen molar-refractivity contribution in [2.75, 3.05) is 5.88 Å². The smallest absolute Gasteiger partial charge is 0.303 e. The molecule has 0 fully saturated rings. The van der Waals surface area contributed by atoms with Gasteiger partial charge in [-0.15, -0.1) is 11.6 Å². The summed E-state index contributed by atoms with van der Waals surface area (Å²) in [5.74, 6) is -0.311. The molecule has 0 amide bonds. The molecule has 3 heteroatoms. The fraction of sp³-hybridized carbons (Fsp3) is 0.500. The van der Waals surface area contributed by atoms with E-state index >= 15 is 0 Å². The molecule has 0 aromatic heterocycles. The highest BCUT2D eigenvalue weighted by atomic mass is 35.5. The minimum absolute atomic E-state index is 0.188. The molecule has 0 saturated carbocycles. The Kier molecular flexibility index (Phi) is 5.32. The summed E-state index contributed by atoms with van der Waals surface area (Å²) in [6.07, 6.45) is 4.26. The van der Waals surface area contributed by atoms with Crippen LogP contribution >= 0.6 is 11.6 Å². The topological polar surface area (TPSA) is 37.3 Å². The highest BCUT2D eigenvalue weighted by molar-refractivity contribution is 6.18. The van der Waals surface area contributed by atoms with E-state index in [1.807, 2.05) is 0 Å². The summed E-state index contributed by atoms with van der Waals surface area (Å²) >= 11 is 5.28. The first-order chi connectivity index (χ1) is 4.27. The van der Waals surface area contributed by atoms with Gasteiger partial charge in [-0.3, -0.25) is 4.79 Å². The Labute approximate surface area is 59.1 Å². The van der Waals surface area contributed by atoms with Gasteiger partial charge in [0, 0.05) is 12.3 Å². The van der Waals surface area contributed by atoms with E-state index in [9.17, 15) is 4.79 Å². The SMILES string of the molecule is O=C(O)CCC=CCCl. The second-order valence-electron chi connectivity index (χ2n) is 1.56. The van der Waals surface area contributed by atoms with Gasteiger partial charge < -0.3 is 5.11 Å². The number of alkyl halides is 1. The molecule has 0 aliphatic heterocycles. The zero-order chi connectivity index (χ0) is 7.11. The maximum atomic E-state index is 9.90. The molecule has 0 aromatic carbocycles. The minimum Gasteiger partial charge on any atom is -0.481 e. The van der Waals surface area contributed by atoms with Crippen molar-refractivity contribution in [1.82, 2.24) is 0 Å². The molecule has 0 heterocycles. The van der Waals surface area contributed by atoms with Crippen molar-refractivity contribution < 1.29 is 9.90 Å². The normalized spacial score (nSPS) is 10.3. The van der Waals surface area contributed by atoms with Gasteiger partial charge in [0.2, 0.25) is 0 Å². The molecule has 0 atom stereocenters. The Morgan fingerprint density at radius 3 is 2.67 bits per heavy atom. The maximum Gasteiger partial charge on any atom is 0.303 e. The fourth-order valence-corrected chi connectivity index (χ4v) is 0.514. The van der Waals surface area contributed by atoms with Gasteiger partial charge >= 0.3 is 5.97 Å². The number of allylic oxidation sites excluding steroid dienone is 2. The Balaban J connectivity index is 3.09. The van der Waals surface area contributed by atoms with Crippen LogP contribution in [0.25, 0.3) is 0 Å². The summed E-state index contributed by atoms with van der Waals surface area (Å²) in [6.45, 7) is 0. The van der Waals surface area contributed by atoms with Crippen LogP contribution in [0, 0.1) is 0 Å². The lowest BCUT2D eigenvalue weighted by atomic mass is 10.3. The number of carboxylic acid groups (broad SMARTS) is 1. The van der Waals surface area contributed by atoms with Gasteiger partial charge in [0.1, 0.15) is 0 Å². The van der Waals surface area contributed by atoms with Crippen molar-refractivity contribution in [2.24, 2.45) is 0 Å². The molecule has 9 heavy (non-hydrogen) atoms. The van der Waals surface area contributed by atoms with Crippen LogP contribution in [-0.2, 0) is 4.79 Å². The summed E-state index contributed by atoms with van der Waals surface area (Å²) in [4.78, 5) is 9.90. The molecular weight excluding hydrogens is 140 g/mol. The zero-order valence-electron chi connectivity index (χ0n) is 5.01. The van der Waals surface area contributed by atoms with Crippen molar-refractivity contribution in [3.63, 3.8) is 0 Å². The van der Waals surface area contributed by atoms with E-state index in [1.54, 1.807) is 12.2 Å². The van der Waals surface area contributed by atoms with Crippen LogP contribution in [0.2, 0.25) is 0 Å². The molecule has 0 unspecified atom stereocenters. The second kappa shape index (κ2) is 5.63. The number of hydrogen-bond acceptors (Lipinski definition) is 1. The van der Waals surface area contributed by atoms with E-state index in [-0.39, 0.29) is 6.42 Å². The van der Waals surface area contributed by atoms with Gasteiger partial charge in [-0.05, 0) is 6.42 Å². The van der Waals surface area contributed by atoms with E-state index in [0.29, 0.717) is 12.3 Å². The van der Waals surface area contributed by atoms with Crippen molar-refractivity contribution in [2.45, 2.75) is 12.8 Å². The molecule has 0 bridgehead atoms. The Hall–Kier alpha value is -0.500. The van der Waals surface area contributed by atoms with E-state index in [0.717, 1.165) is 0 Å². The first-order valence-corrected chi connectivity index (χ1v) is 3.23. The number of rotatable bonds is 4. The monoisotopic (exact) mass is 148 g/mol. The Morgan fingerprint density at radius 1 is 1.56 bits per heavy atom. The predicted octanol–water partition coefficient (Wildman–Crippen LogP) is 1.65. The highest BCUT2D eigenvalue weighted by Crippen LogP contribution is 1.90. The lowest BCUT2D eigenvalue weighted by Gasteiger charge is -1.84. The lowest BCUT2D eigenvalue weighted by molar-refractivity contribution is -0.136. The largest absolute Gasteiger partial charge is 0.481 e. The molecule has 0 rings (SSSR count). The molecule has 0 saturated heterocycles. The van der Waals surface area contributed by atoms with Crippen LogP contribution in [-0.4, -0.2) is 17.0 Å². The van der Waals surface area contributed by atoms with Crippen LogP contribution < -0.4 is 0 Å². The average Bonchev–Trinajstić information content (AvgIpc) is 1.80. The number of carboxylic acids is 1. The molecule has 0 aromatic rings. The van der Waals surface area contributed by atoms with Crippen molar-refractivity contribution in [1.29, 1.82) is 0 Å². The lowest BCUT2D eigenvalue weighted by Crippen LogP contribution is -1.91. The second-order valence-corrected chi connectivity index (χ2v) is 1.87. The number of aliphatic carboxylic acids is 1. The third-order valence-corrected chi connectivity index (χ3v) is 0.959. The van der Waals surface area contributed by atoms with Crippen molar-refractivity contribution in [3.05, 3.63) is 12.2 Å². The number of halogens is 1. The third-order valence-electron chi connectivity index (χ3n) is 0.781. The molecule has 52 valence electrons. The third kappa shape index (κ3) is 7.50. The first kappa shape index (κ1) is 8.50. The van der Waals surface area contributed by atoms with Gasteiger partial charge in [0.15, 0.2) is 0 Å². The Bertz CT molecular complexity index is 110. The van der Waals surface area contributed by atoms with E-state index in [1.165, 1.54) is 0 Å². The summed E-state index contributed by atoms with van der Waals surface area (Å²) in [5, 5.41) is 8.15. The molecular formula is C6H9ClO2. The van der Waals surface area contributed by atoms with Crippen LogP contribution in [0.4, 0.5) is 0 Å². The first-order valence-electron chi connectivity index (χ1n) is 2.70. The van der Waals surface area contributed by atoms with Gasteiger partial charge in [-0.1, -0.05) is 12.2 Å². The highest BCUT2D eigenvalue weighted by Gasteiger charge is 1.90. The summed E-state index contributed by atoms with van der Waals surface area (Å²) < 4.78 is 0. The van der Waals surface area contributed by atoms with Gasteiger partial charge in [0.25, 0.3) is 0 Å². The summed E-state index contributed by atoms with van der Waals surface area (Å²) in [6, 6.07) is 0. The number of hydrogen-bond donors (Lipinski definition) is 1. The van der Waals surface area contributed by atoms with Crippen molar-refractivity contribution >= 4 is 17.6 Å². The number of carbonyl (C=O) groups is 1. The quantitative estimate of drug-likeness (QED) is 0.486. The molecule has 0 aliphatic carbocycles. The van der Waals surface area contributed by atoms with Crippen LogP contribution in [0.3, 0.4) is 0 Å². The van der Waals surface area contributed by atoms with Crippen molar-refractivity contribution in [3.8, 4) is 0 Å². The van der Waals surface area contributed by atoms with Gasteiger partial charge in [-0.2, -0.15) is 0 Å². The van der Waals surface area contributed by atoms with Crippen LogP contribution in [0.1, 0.15) is 12.8 Å². The molecule has 0 radical (unpaired) electrons. The standard InChI is InChI=1S/C6H9ClO2/c7-5-3-1-2-4-6(8)9/h1,3H,2,4-5H2,(H,8,9). The minimum atomic E-state index is -0.769. The summed E-state index contributed by atoms with van der Waals surface area (Å²) in [7, 11) is 0.